The van der Waals surface area contributed by atoms with Gasteiger partial charge in [-0.1, -0.05) is 0 Å². The summed E-state index contributed by atoms with van der Waals surface area (Å²) in [6.07, 6.45) is 0.919. The number of hydrogen-bond acceptors (Lipinski definition) is 4. The van der Waals surface area contributed by atoms with Crippen molar-refractivity contribution in [2.24, 2.45) is 0 Å². The Morgan fingerprint density at radius 3 is 2.71 bits per heavy atom. The molecule has 1 aromatic rings. The van der Waals surface area contributed by atoms with Gasteiger partial charge < -0.3 is 9.84 Å². The number of nitrogens with one attached hydrogen (secondary N) is 1. The van der Waals surface area contributed by atoms with Crippen molar-refractivity contribution < 1.29 is 9.84 Å². The van der Waals surface area contributed by atoms with Crippen molar-refractivity contribution in [1.82, 2.24) is 9.55 Å². The normalized spacial score (nSPS) is 25.0. The molecule has 0 amide bonds. The monoisotopic (exact) mass is 232 g/mol. The predicted molar refractivity (Wildman–Crippen MR) is 60.9 cm³/mol. The lowest BCUT2D eigenvalue weighted by molar-refractivity contribution is -0.0502. The minimum absolute atomic E-state index is 0.430. The van der Waals surface area contributed by atoms with Crippen LogP contribution < -0.4 is 11.2 Å². The highest BCUT2D eigenvalue weighted by Crippen LogP contribution is 2.30. The molecule has 1 fully saturated rings. The van der Waals surface area contributed by atoms with Gasteiger partial charge in [-0.15, -0.1) is 0 Å². The van der Waals surface area contributed by atoms with Crippen LogP contribution >= 0.6 is 0 Å². The Bertz CT molecular complexity index is 519. The van der Waals surface area contributed by atoms with E-state index in [1.165, 1.54) is 16.8 Å². The molecule has 2 rings (SSSR count). The highest BCUT2D eigenvalue weighted by atomic mass is 16.5. The fraction of sp³-hybridized carbons (Fsp3) is 0.556. The van der Waals surface area contributed by atoms with E-state index in [1.807, 2.05) is 0 Å². The van der Waals surface area contributed by atoms with Crippen LogP contribution in [0.1, 0.15) is 19.1 Å². The number of hydrogen-bond donors (Lipinski definition) is 2. The fourth-order valence-corrected chi connectivity index (χ4v) is 1.82. The number of rotatable bonds is 2. The maximum Gasteiger partial charge on any atom is 0.330 e. The highest BCUT2D eigenvalue weighted by molar-refractivity contribution is 6.39. The molecule has 4 radical (unpaired) electrons. The summed E-state index contributed by atoms with van der Waals surface area (Å²) in [6, 6.07) is 1.22. The molecule has 0 aromatic carbocycles. The van der Waals surface area contributed by atoms with Crippen LogP contribution in [0.3, 0.4) is 0 Å². The Morgan fingerprint density at radius 2 is 2.18 bits per heavy atom. The molecular weight excluding hydrogens is 222 g/mol. The van der Waals surface area contributed by atoms with Crippen molar-refractivity contribution in [2.75, 3.05) is 0 Å². The van der Waals surface area contributed by atoms with Gasteiger partial charge >= 0.3 is 5.69 Å². The maximum absolute atomic E-state index is 11.5. The van der Waals surface area contributed by atoms with E-state index in [1.54, 1.807) is 0 Å². The van der Waals surface area contributed by atoms with Gasteiger partial charge in [0.1, 0.15) is 21.9 Å². The molecule has 1 aliphatic rings. The van der Waals surface area contributed by atoms with E-state index in [9.17, 15) is 14.7 Å². The molecule has 17 heavy (non-hydrogen) atoms. The molecule has 6 nitrogen and oxygen atoms in total. The largest absolute Gasteiger partial charge is 0.407 e. The Labute approximate surface area is 99.4 Å². The summed E-state index contributed by atoms with van der Waals surface area (Å²) in [5, 5.41) is 7.45. The summed E-state index contributed by atoms with van der Waals surface area (Å²) < 4.78 is 6.60. The van der Waals surface area contributed by atoms with Crippen LogP contribution in [0.4, 0.5) is 0 Å². The summed E-state index contributed by atoms with van der Waals surface area (Å²) in [5.74, 6) is 0. The summed E-state index contributed by atoms with van der Waals surface area (Å²) >= 11 is 0. The topological polar surface area (TPSA) is 84.3 Å². The molecule has 2 N–H and O–H groups in total. The average Bonchev–Trinajstić information content (AvgIpc) is 2.65. The first-order valence-electron chi connectivity index (χ1n) is 5.15. The van der Waals surface area contributed by atoms with Crippen molar-refractivity contribution >= 4 is 15.7 Å². The first-order valence-corrected chi connectivity index (χ1v) is 5.15. The van der Waals surface area contributed by atoms with Crippen LogP contribution in [0.2, 0.25) is 0 Å². The summed E-state index contributed by atoms with van der Waals surface area (Å²) in [7, 11) is 10.6. The molecule has 2 atom stereocenters. The van der Waals surface area contributed by atoms with E-state index in [0.717, 1.165) is 0 Å². The van der Waals surface area contributed by atoms with Crippen molar-refractivity contribution in [1.29, 1.82) is 0 Å². The molecule has 1 saturated heterocycles. The summed E-state index contributed by atoms with van der Waals surface area (Å²) in [4.78, 5) is 24.5. The zero-order chi connectivity index (χ0) is 12.6. The van der Waals surface area contributed by atoms with Crippen LogP contribution in [-0.4, -0.2) is 41.9 Å². The van der Waals surface area contributed by atoms with E-state index < -0.39 is 29.0 Å². The molecule has 1 aliphatic heterocycles. The third-order valence-corrected chi connectivity index (χ3v) is 2.67. The highest BCUT2D eigenvalue weighted by Gasteiger charge is 2.35. The molecule has 1 aromatic heterocycles. The first-order chi connectivity index (χ1) is 7.88. The van der Waals surface area contributed by atoms with Gasteiger partial charge in [0.15, 0.2) is 0 Å². The number of ether oxygens (including phenoxy) is 1. The van der Waals surface area contributed by atoms with Crippen LogP contribution in [0, 0.1) is 0 Å². The molecule has 0 spiro atoms. The lowest BCUT2D eigenvalue weighted by Gasteiger charge is -2.26. The van der Waals surface area contributed by atoms with Crippen LogP contribution in [-0.2, 0) is 4.74 Å². The minimum Gasteiger partial charge on any atom is -0.407 e. The smallest absolute Gasteiger partial charge is 0.330 e. The molecule has 0 aliphatic carbocycles. The predicted octanol–water partition coefficient (Wildman–Crippen LogP) is -1.80. The second-order valence-electron chi connectivity index (χ2n) is 4.06. The third kappa shape index (κ3) is 2.53. The van der Waals surface area contributed by atoms with Crippen molar-refractivity contribution in [2.45, 2.75) is 30.6 Å². The Balaban J connectivity index is 2.21. The van der Waals surface area contributed by atoms with Gasteiger partial charge in [-0.2, -0.15) is 0 Å². The molecular formula is C9H10B2N2O4. The second kappa shape index (κ2) is 4.19. The van der Waals surface area contributed by atoms with Crippen LogP contribution in [0.15, 0.2) is 21.9 Å². The quantitative estimate of drug-likeness (QED) is 0.589. The molecule has 2 heterocycles. The number of nitrogens with zero attached hydrogens (tertiary/aromatic N) is 1. The average molecular weight is 232 g/mol. The van der Waals surface area contributed by atoms with Crippen LogP contribution in [0.25, 0.3) is 0 Å². The molecule has 8 heteroatoms. The van der Waals surface area contributed by atoms with Crippen molar-refractivity contribution in [3.63, 3.8) is 0 Å². The van der Waals surface area contributed by atoms with Gasteiger partial charge in [0.25, 0.3) is 5.56 Å². The van der Waals surface area contributed by atoms with E-state index in [2.05, 4.69) is 4.98 Å². The second-order valence-corrected chi connectivity index (χ2v) is 4.06. The van der Waals surface area contributed by atoms with Crippen molar-refractivity contribution in [3.8, 4) is 0 Å². The van der Waals surface area contributed by atoms with E-state index in [-0.39, 0.29) is 0 Å². The Kier molecular flexibility index (Phi) is 3.01. The first kappa shape index (κ1) is 12.2. The summed E-state index contributed by atoms with van der Waals surface area (Å²) in [6.45, 7) is 0. The maximum atomic E-state index is 11.5. The van der Waals surface area contributed by atoms with Gasteiger partial charge in [0.2, 0.25) is 0 Å². The van der Waals surface area contributed by atoms with Gasteiger partial charge in [0, 0.05) is 17.7 Å². The zero-order valence-corrected chi connectivity index (χ0v) is 9.00. The fourth-order valence-electron chi connectivity index (χ4n) is 1.82. The Morgan fingerprint density at radius 1 is 1.47 bits per heavy atom. The lowest BCUT2D eigenvalue weighted by atomic mass is 9.61. The van der Waals surface area contributed by atoms with Crippen molar-refractivity contribution in [3.05, 3.63) is 33.1 Å². The van der Waals surface area contributed by atoms with Gasteiger partial charge in [-0.25, -0.2) is 4.79 Å². The summed E-state index contributed by atoms with van der Waals surface area (Å²) in [5.41, 5.74) is -1.05. The number of aromatic amines is 1. The number of aromatic nitrogens is 2. The SMILES string of the molecule is [B]C([B])(O)C1CCC(n2ccc(=O)[nH]c2=O)O1. The van der Waals surface area contributed by atoms with E-state index in [4.69, 9.17) is 20.4 Å². The zero-order valence-electron chi connectivity index (χ0n) is 9.00. The van der Waals surface area contributed by atoms with Gasteiger partial charge in [-0.05, 0) is 12.8 Å². The van der Waals surface area contributed by atoms with Crippen LogP contribution in [0.5, 0.6) is 0 Å². The lowest BCUT2D eigenvalue weighted by Crippen LogP contribution is -2.43. The minimum atomic E-state index is -1.93. The molecule has 2 unspecified atom stereocenters. The van der Waals surface area contributed by atoms with Gasteiger partial charge in [0.05, 0.1) is 6.10 Å². The molecule has 0 saturated carbocycles. The Hall–Kier alpha value is -1.27. The van der Waals surface area contributed by atoms with E-state index in [0.29, 0.717) is 12.8 Å². The third-order valence-electron chi connectivity index (χ3n) is 2.67. The molecule has 86 valence electrons. The van der Waals surface area contributed by atoms with E-state index >= 15 is 0 Å². The molecule has 0 bridgehead atoms. The standard InChI is InChI=1S/C9H10B2N2O4/c10-9(11,16)5-1-2-7(17-5)13-4-3-6(14)12-8(13)15/h3-5,7,16H,1-2H2,(H,12,14,15). The number of aliphatic hydroxyl groups is 1. The number of H-pyrrole nitrogens is 1. The van der Waals surface area contributed by atoms with Gasteiger partial charge in [-0.3, -0.25) is 14.3 Å².